The molecule has 2 nitrogen and oxygen atoms in total. The molecule has 0 aliphatic carbocycles. The summed E-state index contributed by atoms with van der Waals surface area (Å²) in [6.45, 7) is 0. The number of aliphatic hydroxyl groups excluding tert-OH is 1. The maximum Gasteiger partial charge on any atom is 0.0917 e. The zero-order valence-corrected chi connectivity index (χ0v) is 11.6. The summed E-state index contributed by atoms with van der Waals surface area (Å²) < 4.78 is 0. The Morgan fingerprint density at radius 2 is 2.22 bits per heavy atom. The summed E-state index contributed by atoms with van der Waals surface area (Å²) in [5, 5.41) is 11.9. The zero-order chi connectivity index (χ0) is 12.4. The van der Waals surface area contributed by atoms with Crippen molar-refractivity contribution in [2.75, 3.05) is 17.3 Å². The highest BCUT2D eigenvalue weighted by atomic mass is 32.2. The van der Waals surface area contributed by atoms with E-state index in [0.29, 0.717) is 5.25 Å². The largest absolute Gasteiger partial charge is 0.387 e. The van der Waals surface area contributed by atoms with Crippen molar-refractivity contribution >= 4 is 34.4 Å². The summed E-state index contributed by atoms with van der Waals surface area (Å²) in [4.78, 5) is 4.35. The van der Waals surface area contributed by atoms with Crippen molar-refractivity contribution < 1.29 is 5.11 Å². The number of aliphatic hydroxyl groups is 1. The summed E-state index contributed by atoms with van der Waals surface area (Å²) in [5.74, 6) is 3.37. The smallest absolute Gasteiger partial charge is 0.0917 e. The maximum atomic E-state index is 10.4. The first kappa shape index (κ1) is 12.3. The molecule has 1 aromatic carbocycles. The Bertz CT molecular complexity index is 540. The monoisotopic (exact) mass is 277 g/mol. The average molecular weight is 277 g/mol. The molecule has 1 aliphatic rings. The molecule has 0 bridgehead atoms. The van der Waals surface area contributed by atoms with Gasteiger partial charge in [0.05, 0.1) is 11.6 Å². The number of rotatable bonds is 2. The number of nitrogens with zero attached hydrogens (tertiary/aromatic N) is 1. The Morgan fingerprint density at radius 1 is 1.28 bits per heavy atom. The lowest BCUT2D eigenvalue weighted by molar-refractivity contribution is 0.180. The first-order valence-corrected chi connectivity index (χ1v) is 8.27. The molecule has 1 fully saturated rings. The molecule has 1 N–H and O–H groups in total. The molecule has 2 heterocycles. The Hall–Kier alpha value is -0.710. The van der Waals surface area contributed by atoms with Gasteiger partial charge in [0.15, 0.2) is 0 Å². The van der Waals surface area contributed by atoms with Gasteiger partial charge in [0.2, 0.25) is 0 Å². The van der Waals surface area contributed by atoms with Gasteiger partial charge < -0.3 is 5.11 Å². The van der Waals surface area contributed by atoms with E-state index in [-0.39, 0.29) is 6.10 Å². The van der Waals surface area contributed by atoms with Crippen molar-refractivity contribution in [3.63, 3.8) is 0 Å². The number of fused-ring (bicyclic) bond motifs is 1. The fraction of sp³-hybridized carbons (Fsp3) is 0.357. The topological polar surface area (TPSA) is 33.1 Å². The molecule has 0 saturated carbocycles. The third-order valence-electron chi connectivity index (χ3n) is 3.17. The van der Waals surface area contributed by atoms with Gasteiger partial charge in [0.1, 0.15) is 0 Å². The van der Waals surface area contributed by atoms with Crippen LogP contribution in [0.3, 0.4) is 0 Å². The van der Waals surface area contributed by atoms with Crippen LogP contribution in [0.2, 0.25) is 0 Å². The molecule has 2 unspecified atom stereocenters. The molecule has 0 amide bonds. The summed E-state index contributed by atoms with van der Waals surface area (Å²) in [5.41, 5.74) is 1.95. The van der Waals surface area contributed by atoms with Crippen LogP contribution in [-0.2, 0) is 0 Å². The minimum atomic E-state index is -0.380. The number of hydrogen-bond donors (Lipinski definition) is 1. The van der Waals surface area contributed by atoms with E-state index in [2.05, 4.69) is 4.98 Å². The van der Waals surface area contributed by atoms with E-state index in [4.69, 9.17) is 0 Å². The lowest BCUT2D eigenvalue weighted by atomic mass is 10.0. The molecule has 2 aromatic rings. The maximum absolute atomic E-state index is 10.4. The Kier molecular flexibility index (Phi) is 3.77. The molecule has 0 radical (unpaired) electrons. The molecular weight excluding hydrogens is 262 g/mol. The van der Waals surface area contributed by atoms with Crippen LogP contribution >= 0.6 is 23.5 Å². The first-order chi connectivity index (χ1) is 8.84. The molecular formula is C14H15NOS2. The molecule has 4 heteroatoms. The second-order valence-electron chi connectivity index (χ2n) is 4.38. The molecule has 3 rings (SSSR count). The molecule has 1 aromatic heterocycles. The van der Waals surface area contributed by atoms with E-state index >= 15 is 0 Å². The van der Waals surface area contributed by atoms with E-state index in [1.54, 1.807) is 6.20 Å². The third-order valence-corrected chi connectivity index (χ3v) is 6.01. The highest BCUT2D eigenvalue weighted by Gasteiger charge is 2.24. The predicted octanol–water partition coefficient (Wildman–Crippen LogP) is 3.12. The van der Waals surface area contributed by atoms with E-state index in [1.165, 1.54) is 5.75 Å². The van der Waals surface area contributed by atoms with Crippen LogP contribution in [0.5, 0.6) is 0 Å². The highest BCUT2D eigenvalue weighted by molar-refractivity contribution is 8.06. The molecule has 2 atom stereocenters. The Labute approximate surface area is 115 Å². The summed E-state index contributed by atoms with van der Waals surface area (Å²) in [6.07, 6.45) is 1.41. The van der Waals surface area contributed by atoms with Crippen LogP contribution in [0.25, 0.3) is 10.9 Å². The van der Waals surface area contributed by atoms with Crippen molar-refractivity contribution in [3.8, 4) is 0 Å². The number of thioether (sulfide) groups is 2. The van der Waals surface area contributed by atoms with Crippen molar-refractivity contribution in [1.29, 1.82) is 0 Å². The number of aromatic nitrogens is 1. The van der Waals surface area contributed by atoms with Gasteiger partial charge in [-0.3, -0.25) is 4.98 Å². The van der Waals surface area contributed by atoms with Gasteiger partial charge in [0.25, 0.3) is 0 Å². The summed E-state index contributed by atoms with van der Waals surface area (Å²) in [7, 11) is 0. The van der Waals surface area contributed by atoms with Gasteiger partial charge in [-0.2, -0.15) is 23.5 Å². The Morgan fingerprint density at radius 3 is 3.06 bits per heavy atom. The van der Waals surface area contributed by atoms with E-state index in [9.17, 15) is 5.11 Å². The van der Waals surface area contributed by atoms with Crippen molar-refractivity contribution in [3.05, 3.63) is 42.1 Å². The third kappa shape index (κ3) is 2.51. The fourth-order valence-electron chi connectivity index (χ4n) is 2.17. The van der Waals surface area contributed by atoms with Gasteiger partial charge in [0, 0.05) is 34.1 Å². The second kappa shape index (κ2) is 5.51. The standard InChI is InChI=1S/C14H15NOS2/c16-14(13-9-17-6-7-18-13)11-4-3-10-2-1-5-15-12(10)8-11/h1-5,8,13-14,16H,6-7,9H2. The van der Waals surface area contributed by atoms with Crippen LogP contribution < -0.4 is 0 Å². The van der Waals surface area contributed by atoms with Crippen molar-refractivity contribution in [2.24, 2.45) is 0 Å². The van der Waals surface area contributed by atoms with E-state index < -0.39 is 0 Å². The van der Waals surface area contributed by atoms with E-state index in [1.807, 2.05) is 53.9 Å². The average Bonchev–Trinajstić information content (AvgIpc) is 2.47. The summed E-state index contributed by atoms with van der Waals surface area (Å²) in [6, 6.07) is 10.1. The quantitative estimate of drug-likeness (QED) is 0.914. The van der Waals surface area contributed by atoms with Gasteiger partial charge in [-0.25, -0.2) is 0 Å². The van der Waals surface area contributed by atoms with Crippen LogP contribution in [0.1, 0.15) is 11.7 Å². The van der Waals surface area contributed by atoms with Crippen LogP contribution in [-0.4, -0.2) is 32.6 Å². The number of pyridine rings is 1. The minimum absolute atomic E-state index is 0.310. The van der Waals surface area contributed by atoms with Gasteiger partial charge in [-0.05, 0) is 17.7 Å². The van der Waals surface area contributed by atoms with Crippen LogP contribution in [0.15, 0.2) is 36.5 Å². The lowest BCUT2D eigenvalue weighted by Crippen LogP contribution is -2.22. The first-order valence-electron chi connectivity index (χ1n) is 6.07. The number of benzene rings is 1. The van der Waals surface area contributed by atoms with Crippen molar-refractivity contribution in [2.45, 2.75) is 11.4 Å². The molecule has 1 saturated heterocycles. The number of hydrogen-bond acceptors (Lipinski definition) is 4. The normalized spacial score (nSPS) is 21.9. The van der Waals surface area contributed by atoms with E-state index in [0.717, 1.165) is 28.0 Å². The molecule has 0 spiro atoms. The van der Waals surface area contributed by atoms with Crippen LogP contribution in [0, 0.1) is 0 Å². The van der Waals surface area contributed by atoms with Gasteiger partial charge in [-0.1, -0.05) is 18.2 Å². The predicted molar refractivity (Wildman–Crippen MR) is 80.3 cm³/mol. The molecule has 1 aliphatic heterocycles. The molecule has 94 valence electrons. The van der Waals surface area contributed by atoms with Crippen LogP contribution in [0.4, 0.5) is 0 Å². The Balaban J connectivity index is 1.88. The second-order valence-corrected chi connectivity index (χ2v) is 6.88. The molecule has 18 heavy (non-hydrogen) atoms. The van der Waals surface area contributed by atoms with Crippen molar-refractivity contribution in [1.82, 2.24) is 4.98 Å². The highest BCUT2D eigenvalue weighted by Crippen LogP contribution is 2.34. The summed E-state index contributed by atoms with van der Waals surface area (Å²) >= 11 is 3.81. The zero-order valence-electron chi connectivity index (χ0n) is 9.95. The van der Waals surface area contributed by atoms with Gasteiger partial charge >= 0.3 is 0 Å². The van der Waals surface area contributed by atoms with Gasteiger partial charge in [-0.15, -0.1) is 0 Å². The minimum Gasteiger partial charge on any atom is -0.387 e. The SMILES string of the molecule is OC(c1ccc2cccnc2c1)C1CSCCS1. The fourth-order valence-corrected chi connectivity index (χ4v) is 4.92. The lowest BCUT2D eigenvalue weighted by Gasteiger charge is -2.26.